The van der Waals surface area contributed by atoms with E-state index in [-0.39, 0.29) is 18.0 Å². The van der Waals surface area contributed by atoms with E-state index in [1.165, 1.54) is 11.8 Å². The number of nitrogens with zero attached hydrogens (tertiary/aromatic N) is 3. The molecule has 2 aliphatic rings. The molecule has 2 aromatic carbocycles. The number of pyridine rings is 1. The fourth-order valence-electron chi connectivity index (χ4n) is 4.48. The lowest BCUT2D eigenvalue weighted by atomic mass is 9.95. The molecule has 0 radical (unpaired) electrons. The van der Waals surface area contributed by atoms with Crippen LogP contribution >= 0.6 is 11.8 Å². The lowest BCUT2D eigenvalue weighted by Crippen LogP contribution is -2.33. The van der Waals surface area contributed by atoms with Crippen molar-refractivity contribution < 1.29 is 14.2 Å². The number of rotatable bonds is 4. The average molecular weight is 488 g/mol. The summed E-state index contributed by atoms with van der Waals surface area (Å²) >= 11 is 1.51. The largest absolute Gasteiger partial charge is 0.454 e. The third kappa shape index (κ3) is 4.06. The standard InChI is InChI=1S/C27H25N3O4S/c1-16-6-4-5-7-21(16)30-25(31)19-11-18-13-34-27(2,3)12-20(18)28-24(19)29-26(30)35-14-17-8-9-22-23(10-17)33-15-32-22/h4-11H,12-15H2,1-3H3. The van der Waals surface area contributed by atoms with Gasteiger partial charge in [-0.1, -0.05) is 36.0 Å². The maximum Gasteiger partial charge on any atom is 0.268 e. The van der Waals surface area contributed by atoms with Crippen molar-refractivity contribution in [3.63, 3.8) is 0 Å². The number of hydrogen-bond acceptors (Lipinski definition) is 7. The summed E-state index contributed by atoms with van der Waals surface area (Å²) in [6, 6.07) is 15.7. The molecule has 0 saturated carbocycles. The number of aromatic nitrogens is 3. The number of fused-ring (bicyclic) bond motifs is 3. The molecular formula is C27H25N3O4S. The van der Waals surface area contributed by atoms with Crippen molar-refractivity contribution in [1.29, 1.82) is 0 Å². The third-order valence-corrected chi connectivity index (χ3v) is 7.38. The summed E-state index contributed by atoms with van der Waals surface area (Å²) in [5.41, 5.74) is 4.82. The Bertz CT molecular complexity index is 1530. The first-order valence-corrected chi connectivity index (χ1v) is 12.5. The Hall–Kier alpha value is -3.36. The van der Waals surface area contributed by atoms with E-state index >= 15 is 0 Å². The van der Waals surface area contributed by atoms with Crippen LogP contribution in [0.2, 0.25) is 0 Å². The molecule has 0 bridgehead atoms. The zero-order valence-electron chi connectivity index (χ0n) is 19.8. The molecule has 0 unspecified atom stereocenters. The molecule has 0 fully saturated rings. The first-order chi connectivity index (χ1) is 16.9. The molecule has 0 amide bonds. The van der Waals surface area contributed by atoms with Crippen LogP contribution in [0.1, 0.15) is 36.2 Å². The van der Waals surface area contributed by atoms with Gasteiger partial charge in [0.05, 0.1) is 29.0 Å². The second kappa shape index (κ2) is 8.39. The molecule has 2 aliphatic heterocycles. The number of aryl methyl sites for hydroxylation is 1. The first-order valence-electron chi connectivity index (χ1n) is 11.5. The van der Waals surface area contributed by atoms with Crippen molar-refractivity contribution in [2.45, 2.75) is 50.3 Å². The van der Waals surface area contributed by atoms with Gasteiger partial charge in [0, 0.05) is 17.7 Å². The highest BCUT2D eigenvalue weighted by Gasteiger charge is 2.28. The van der Waals surface area contributed by atoms with E-state index < -0.39 is 0 Å². The second-order valence-electron chi connectivity index (χ2n) is 9.49. The van der Waals surface area contributed by atoms with Crippen LogP contribution in [0.15, 0.2) is 58.5 Å². The van der Waals surface area contributed by atoms with Crippen LogP contribution in [-0.2, 0) is 23.5 Å². The molecule has 2 aromatic heterocycles. The number of ether oxygens (including phenoxy) is 3. The first kappa shape index (κ1) is 22.1. The monoisotopic (exact) mass is 487 g/mol. The van der Waals surface area contributed by atoms with Gasteiger partial charge in [-0.15, -0.1) is 0 Å². The zero-order chi connectivity index (χ0) is 24.2. The quantitative estimate of drug-likeness (QED) is 0.297. The average Bonchev–Trinajstić information content (AvgIpc) is 3.30. The summed E-state index contributed by atoms with van der Waals surface area (Å²) in [6.07, 6.45) is 0.681. The minimum atomic E-state index is -0.291. The van der Waals surface area contributed by atoms with Crippen LogP contribution in [-0.4, -0.2) is 26.9 Å². The van der Waals surface area contributed by atoms with E-state index in [9.17, 15) is 4.79 Å². The van der Waals surface area contributed by atoms with Gasteiger partial charge < -0.3 is 14.2 Å². The molecule has 4 aromatic rings. The van der Waals surface area contributed by atoms with Crippen LogP contribution in [0.3, 0.4) is 0 Å². The van der Waals surface area contributed by atoms with Gasteiger partial charge in [-0.3, -0.25) is 9.36 Å². The molecule has 35 heavy (non-hydrogen) atoms. The summed E-state index contributed by atoms with van der Waals surface area (Å²) in [5.74, 6) is 2.11. The molecule has 0 saturated heterocycles. The Labute approximate surface area is 207 Å². The van der Waals surface area contributed by atoms with Gasteiger partial charge in [-0.05, 0) is 56.2 Å². The summed E-state index contributed by atoms with van der Waals surface area (Å²) in [7, 11) is 0. The lowest BCUT2D eigenvalue weighted by Gasteiger charge is -2.31. The van der Waals surface area contributed by atoms with E-state index in [1.807, 2.05) is 55.5 Å². The maximum atomic E-state index is 13.9. The molecule has 8 heteroatoms. The summed E-state index contributed by atoms with van der Waals surface area (Å²) < 4.78 is 18.6. The summed E-state index contributed by atoms with van der Waals surface area (Å²) in [6.45, 7) is 6.79. The highest BCUT2D eigenvalue weighted by molar-refractivity contribution is 7.98. The highest BCUT2D eigenvalue weighted by Crippen LogP contribution is 2.35. The third-order valence-electron chi connectivity index (χ3n) is 6.37. The van der Waals surface area contributed by atoms with Crippen LogP contribution < -0.4 is 15.0 Å². The van der Waals surface area contributed by atoms with E-state index in [4.69, 9.17) is 24.2 Å². The van der Waals surface area contributed by atoms with Gasteiger partial charge in [0.2, 0.25) is 6.79 Å². The number of thioether (sulfide) groups is 1. The molecule has 178 valence electrons. The molecule has 0 atom stereocenters. The Kier molecular flexibility index (Phi) is 5.30. The van der Waals surface area contributed by atoms with E-state index in [0.29, 0.717) is 35.0 Å². The van der Waals surface area contributed by atoms with Crippen molar-refractivity contribution in [3.8, 4) is 17.2 Å². The van der Waals surface area contributed by atoms with E-state index in [1.54, 1.807) is 4.57 Å². The van der Waals surface area contributed by atoms with Crippen molar-refractivity contribution >= 4 is 22.8 Å². The fraction of sp³-hybridized carbons (Fsp3) is 0.296. The minimum Gasteiger partial charge on any atom is -0.454 e. The Morgan fingerprint density at radius 3 is 2.74 bits per heavy atom. The van der Waals surface area contributed by atoms with Gasteiger partial charge in [-0.2, -0.15) is 0 Å². The minimum absolute atomic E-state index is 0.127. The zero-order valence-corrected chi connectivity index (χ0v) is 20.6. The molecular weight excluding hydrogens is 462 g/mol. The molecule has 0 N–H and O–H groups in total. The molecule has 4 heterocycles. The normalized spacial score (nSPS) is 15.9. The number of hydrogen-bond donors (Lipinski definition) is 0. The van der Waals surface area contributed by atoms with Crippen molar-refractivity contribution in [2.24, 2.45) is 0 Å². The van der Waals surface area contributed by atoms with Crippen molar-refractivity contribution in [3.05, 3.63) is 81.3 Å². The molecule has 0 spiro atoms. The Morgan fingerprint density at radius 2 is 1.89 bits per heavy atom. The molecule has 6 rings (SSSR count). The lowest BCUT2D eigenvalue weighted by molar-refractivity contribution is -0.0411. The second-order valence-corrected chi connectivity index (χ2v) is 10.4. The fourth-order valence-corrected chi connectivity index (χ4v) is 5.42. The maximum absolute atomic E-state index is 13.9. The topological polar surface area (TPSA) is 75.5 Å². The van der Waals surface area contributed by atoms with Gasteiger partial charge in [0.25, 0.3) is 5.56 Å². The molecule has 0 aliphatic carbocycles. The van der Waals surface area contributed by atoms with Gasteiger partial charge in [0.1, 0.15) is 0 Å². The number of para-hydroxylation sites is 1. The smallest absolute Gasteiger partial charge is 0.268 e. The van der Waals surface area contributed by atoms with Crippen molar-refractivity contribution in [1.82, 2.24) is 14.5 Å². The van der Waals surface area contributed by atoms with Gasteiger partial charge in [0.15, 0.2) is 22.3 Å². The van der Waals surface area contributed by atoms with Gasteiger partial charge >= 0.3 is 0 Å². The van der Waals surface area contributed by atoms with E-state index in [0.717, 1.165) is 39.6 Å². The van der Waals surface area contributed by atoms with Crippen LogP contribution in [0.4, 0.5) is 0 Å². The predicted molar refractivity (Wildman–Crippen MR) is 135 cm³/mol. The predicted octanol–water partition coefficient (Wildman–Crippen LogP) is 4.96. The highest BCUT2D eigenvalue weighted by atomic mass is 32.2. The van der Waals surface area contributed by atoms with E-state index in [2.05, 4.69) is 13.8 Å². The van der Waals surface area contributed by atoms with Crippen LogP contribution in [0.25, 0.3) is 16.7 Å². The van der Waals surface area contributed by atoms with Crippen molar-refractivity contribution in [2.75, 3.05) is 6.79 Å². The SMILES string of the molecule is Cc1ccccc1-n1c(SCc2ccc3c(c2)OCO3)nc2nc3c(cc2c1=O)COC(C)(C)C3. The number of benzene rings is 2. The molecule has 7 nitrogen and oxygen atoms in total. The Balaban J connectivity index is 1.47. The van der Waals surface area contributed by atoms with Gasteiger partial charge in [-0.25, -0.2) is 9.97 Å². The van der Waals surface area contributed by atoms with Crippen LogP contribution in [0.5, 0.6) is 11.5 Å². The Morgan fingerprint density at radius 1 is 1.06 bits per heavy atom. The summed E-state index contributed by atoms with van der Waals surface area (Å²) in [4.78, 5) is 23.6. The summed E-state index contributed by atoms with van der Waals surface area (Å²) in [5, 5.41) is 1.11. The van der Waals surface area contributed by atoms with Crippen LogP contribution in [0, 0.1) is 6.92 Å².